The number of benzene rings is 1. The molecule has 1 aromatic rings. The molecule has 0 unspecified atom stereocenters. The summed E-state index contributed by atoms with van der Waals surface area (Å²) in [5.41, 5.74) is -0.337. The van der Waals surface area contributed by atoms with Crippen molar-refractivity contribution in [2.24, 2.45) is 0 Å². The van der Waals surface area contributed by atoms with E-state index in [1.165, 1.54) is 4.90 Å². The SMILES string of the molecule is OC1(c2ccc(Cl)cc2)CCN(CC(F)(F)F)CC1. The molecule has 2 rings (SSSR count). The van der Waals surface area contributed by atoms with E-state index in [2.05, 4.69) is 0 Å². The number of hydrogen-bond acceptors (Lipinski definition) is 2. The van der Waals surface area contributed by atoms with Gasteiger partial charge in [-0.05, 0) is 30.5 Å². The van der Waals surface area contributed by atoms with Crippen LogP contribution in [0.2, 0.25) is 5.02 Å². The van der Waals surface area contributed by atoms with Gasteiger partial charge in [-0.15, -0.1) is 0 Å². The minimum absolute atomic E-state index is 0.235. The summed E-state index contributed by atoms with van der Waals surface area (Å²) in [5, 5.41) is 11.1. The van der Waals surface area contributed by atoms with Gasteiger partial charge in [0.1, 0.15) is 0 Å². The molecule has 19 heavy (non-hydrogen) atoms. The van der Waals surface area contributed by atoms with Gasteiger partial charge in [0.05, 0.1) is 12.1 Å². The van der Waals surface area contributed by atoms with Crippen molar-refractivity contribution in [2.45, 2.75) is 24.6 Å². The second-order valence-corrected chi connectivity index (χ2v) is 5.37. The number of likely N-dealkylation sites (tertiary alicyclic amines) is 1. The van der Waals surface area contributed by atoms with Gasteiger partial charge in [-0.2, -0.15) is 13.2 Å². The molecule has 1 aliphatic rings. The lowest BCUT2D eigenvalue weighted by atomic mass is 9.84. The van der Waals surface area contributed by atoms with Gasteiger partial charge in [-0.1, -0.05) is 23.7 Å². The lowest BCUT2D eigenvalue weighted by molar-refractivity contribution is -0.154. The fourth-order valence-electron chi connectivity index (χ4n) is 2.38. The molecule has 0 radical (unpaired) electrons. The van der Waals surface area contributed by atoms with Crippen LogP contribution in [0.25, 0.3) is 0 Å². The smallest absolute Gasteiger partial charge is 0.385 e. The van der Waals surface area contributed by atoms with Crippen molar-refractivity contribution in [2.75, 3.05) is 19.6 Å². The third-order valence-electron chi connectivity index (χ3n) is 3.47. The summed E-state index contributed by atoms with van der Waals surface area (Å²) in [6, 6.07) is 6.80. The molecule has 0 aliphatic carbocycles. The molecule has 1 fully saturated rings. The monoisotopic (exact) mass is 293 g/mol. The second-order valence-electron chi connectivity index (χ2n) is 4.93. The van der Waals surface area contributed by atoms with Crippen molar-refractivity contribution in [3.63, 3.8) is 0 Å². The van der Waals surface area contributed by atoms with Gasteiger partial charge in [0.15, 0.2) is 0 Å². The number of rotatable bonds is 2. The van der Waals surface area contributed by atoms with Crippen LogP contribution in [0.15, 0.2) is 24.3 Å². The van der Waals surface area contributed by atoms with Crippen molar-refractivity contribution < 1.29 is 18.3 Å². The minimum atomic E-state index is -4.18. The van der Waals surface area contributed by atoms with Crippen LogP contribution in [0.5, 0.6) is 0 Å². The van der Waals surface area contributed by atoms with Crippen LogP contribution in [0.4, 0.5) is 13.2 Å². The van der Waals surface area contributed by atoms with Crippen molar-refractivity contribution in [3.05, 3.63) is 34.9 Å². The third kappa shape index (κ3) is 3.84. The van der Waals surface area contributed by atoms with Crippen LogP contribution >= 0.6 is 11.6 Å². The van der Waals surface area contributed by atoms with Crippen LogP contribution in [0.3, 0.4) is 0 Å². The molecule has 0 amide bonds. The van der Waals surface area contributed by atoms with Gasteiger partial charge in [0, 0.05) is 18.1 Å². The molecule has 0 bridgehead atoms. The molecule has 0 atom stereocenters. The first-order valence-corrected chi connectivity index (χ1v) is 6.44. The van der Waals surface area contributed by atoms with Crippen LogP contribution in [-0.2, 0) is 5.60 Å². The Morgan fingerprint density at radius 1 is 1.16 bits per heavy atom. The predicted molar refractivity (Wildman–Crippen MR) is 67.1 cm³/mol. The summed E-state index contributed by atoms with van der Waals surface area (Å²) in [5.74, 6) is 0. The van der Waals surface area contributed by atoms with E-state index in [1.54, 1.807) is 24.3 Å². The van der Waals surface area contributed by atoms with E-state index < -0.39 is 18.3 Å². The van der Waals surface area contributed by atoms with E-state index in [4.69, 9.17) is 11.6 Å². The quantitative estimate of drug-likeness (QED) is 0.905. The Morgan fingerprint density at radius 3 is 2.16 bits per heavy atom. The molecule has 1 aliphatic heterocycles. The molecular formula is C13H15ClF3NO. The van der Waals surface area contributed by atoms with Gasteiger partial charge in [-0.25, -0.2) is 0 Å². The summed E-state index contributed by atoms with van der Waals surface area (Å²) in [4.78, 5) is 1.32. The maximum absolute atomic E-state index is 12.3. The maximum atomic E-state index is 12.3. The van der Waals surface area contributed by atoms with E-state index in [0.29, 0.717) is 23.4 Å². The van der Waals surface area contributed by atoms with Crippen molar-refractivity contribution >= 4 is 11.6 Å². The van der Waals surface area contributed by atoms with Crippen LogP contribution in [0, 0.1) is 0 Å². The van der Waals surface area contributed by atoms with Crippen molar-refractivity contribution in [3.8, 4) is 0 Å². The Kier molecular flexibility index (Phi) is 4.08. The second kappa shape index (κ2) is 5.31. The van der Waals surface area contributed by atoms with Crippen LogP contribution in [0.1, 0.15) is 18.4 Å². The zero-order valence-electron chi connectivity index (χ0n) is 10.3. The highest BCUT2D eigenvalue weighted by molar-refractivity contribution is 6.30. The van der Waals surface area contributed by atoms with Gasteiger partial charge < -0.3 is 5.11 Å². The van der Waals surface area contributed by atoms with Gasteiger partial charge in [0.25, 0.3) is 0 Å². The fraction of sp³-hybridized carbons (Fsp3) is 0.538. The van der Waals surface area contributed by atoms with Gasteiger partial charge in [-0.3, -0.25) is 4.90 Å². The minimum Gasteiger partial charge on any atom is -0.385 e. The van der Waals surface area contributed by atoms with Crippen molar-refractivity contribution in [1.82, 2.24) is 4.90 Å². The highest BCUT2D eigenvalue weighted by atomic mass is 35.5. The number of nitrogens with zero attached hydrogens (tertiary/aromatic N) is 1. The van der Waals surface area contributed by atoms with E-state index in [-0.39, 0.29) is 13.1 Å². The zero-order chi connectivity index (χ0) is 14.1. The molecular weight excluding hydrogens is 279 g/mol. The Hall–Kier alpha value is -0.780. The highest BCUT2D eigenvalue weighted by Crippen LogP contribution is 2.34. The zero-order valence-corrected chi connectivity index (χ0v) is 11.0. The van der Waals surface area contributed by atoms with Gasteiger partial charge in [0.2, 0.25) is 0 Å². The molecule has 1 aromatic carbocycles. The normalized spacial score (nSPS) is 20.5. The molecule has 1 heterocycles. The number of halogens is 4. The maximum Gasteiger partial charge on any atom is 0.401 e. The third-order valence-corrected chi connectivity index (χ3v) is 3.72. The molecule has 6 heteroatoms. The average molecular weight is 294 g/mol. The first kappa shape index (κ1) is 14.6. The average Bonchev–Trinajstić information content (AvgIpc) is 2.31. The highest BCUT2D eigenvalue weighted by Gasteiger charge is 2.38. The molecule has 0 spiro atoms. The summed E-state index contributed by atoms with van der Waals surface area (Å²) >= 11 is 5.78. The lowest BCUT2D eigenvalue weighted by Crippen LogP contribution is -2.45. The lowest BCUT2D eigenvalue weighted by Gasteiger charge is -2.38. The summed E-state index contributed by atoms with van der Waals surface area (Å²) < 4.78 is 36.8. The van der Waals surface area contributed by atoms with Crippen LogP contribution < -0.4 is 0 Å². The first-order valence-electron chi connectivity index (χ1n) is 6.06. The molecule has 0 aromatic heterocycles. The number of aliphatic hydroxyl groups is 1. The van der Waals surface area contributed by atoms with Crippen molar-refractivity contribution in [1.29, 1.82) is 0 Å². The molecule has 2 nitrogen and oxygen atoms in total. The molecule has 106 valence electrons. The topological polar surface area (TPSA) is 23.5 Å². The standard InChI is InChI=1S/C13H15ClF3NO/c14-11-3-1-10(2-4-11)12(19)5-7-18(8-6-12)9-13(15,16)17/h1-4,19H,5-9H2. The number of alkyl halides is 3. The van der Waals surface area contributed by atoms with E-state index in [0.717, 1.165) is 0 Å². The van der Waals surface area contributed by atoms with Gasteiger partial charge >= 0.3 is 6.18 Å². The van der Waals surface area contributed by atoms with E-state index >= 15 is 0 Å². The Labute approximate surface area is 114 Å². The Balaban J connectivity index is 2.00. The predicted octanol–water partition coefficient (Wildman–Crippen LogP) is 3.19. The van der Waals surface area contributed by atoms with E-state index in [9.17, 15) is 18.3 Å². The number of piperidine rings is 1. The largest absolute Gasteiger partial charge is 0.401 e. The molecule has 1 saturated heterocycles. The molecule has 1 N–H and O–H groups in total. The fourth-order valence-corrected chi connectivity index (χ4v) is 2.51. The van der Waals surface area contributed by atoms with Crippen LogP contribution in [-0.4, -0.2) is 35.8 Å². The Morgan fingerprint density at radius 2 is 1.68 bits per heavy atom. The van der Waals surface area contributed by atoms with E-state index in [1.807, 2.05) is 0 Å². The summed E-state index contributed by atoms with van der Waals surface area (Å²) in [7, 11) is 0. The molecule has 0 saturated carbocycles. The number of hydrogen-bond donors (Lipinski definition) is 1. The first-order chi connectivity index (χ1) is 8.78. The summed E-state index contributed by atoms with van der Waals surface area (Å²) in [6.45, 7) is -0.443. The summed E-state index contributed by atoms with van der Waals surface area (Å²) in [6.07, 6.45) is -3.59. The Bertz CT molecular complexity index is 425.